The summed E-state index contributed by atoms with van der Waals surface area (Å²) in [6.45, 7) is 10.5. The van der Waals surface area contributed by atoms with Crippen molar-refractivity contribution in [3.05, 3.63) is 58.1 Å². The van der Waals surface area contributed by atoms with Crippen LogP contribution in [0.3, 0.4) is 0 Å². The maximum absolute atomic E-state index is 14.1. The van der Waals surface area contributed by atoms with Gasteiger partial charge in [-0.3, -0.25) is 24.4 Å². The Morgan fingerprint density at radius 2 is 1.30 bits per heavy atom. The largest absolute Gasteiger partial charge is 0.299 e. The molecular weight excluding hydrogens is 498 g/mol. The molecule has 0 aliphatic carbocycles. The molecule has 0 N–H and O–H groups in total. The number of ketones is 2. The number of likely N-dealkylation sites (tertiary alicyclic amines) is 2. The summed E-state index contributed by atoms with van der Waals surface area (Å²) in [5.41, 5.74) is 0.923. The first-order chi connectivity index (χ1) is 17.4. The predicted molar refractivity (Wildman–Crippen MR) is 141 cm³/mol. The summed E-state index contributed by atoms with van der Waals surface area (Å²) in [6, 6.07) is 7.84. The third kappa shape index (κ3) is 8.35. The van der Waals surface area contributed by atoms with Gasteiger partial charge in [-0.2, -0.15) is 0 Å². The number of rotatable bonds is 6. The van der Waals surface area contributed by atoms with E-state index in [0.717, 1.165) is 30.0 Å². The molecule has 2 fully saturated rings. The van der Waals surface area contributed by atoms with Crippen molar-refractivity contribution in [2.24, 2.45) is 0 Å². The van der Waals surface area contributed by atoms with Crippen LogP contribution in [0.5, 0.6) is 0 Å². The Morgan fingerprint density at radius 3 is 1.73 bits per heavy atom. The van der Waals surface area contributed by atoms with Gasteiger partial charge in [0.05, 0.1) is 0 Å². The van der Waals surface area contributed by atoms with Crippen LogP contribution in [-0.4, -0.2) is 68.9 Å². The van der Waals surface area contributed by atoms with E-state index in [0.29, 0.717) is 44.2 Å². The van der Waals surface area contributed by atoms with E-state index in [1.807, 2.05) is 38.1 Å². The molecule has 2 saturated heterocycles. The fourth-order valence-corrected chi connectivity index (χ4v) is 5.12. The number of halogens is 3. The molecule has 6 nitrogen and oxygen atoms in total. The SMILES string of the molecule is CC(=O)C1(F)CCN(Cc2cc(C)nc(Cl)c2)CC1.CC(=O)C1(F)CCN(Cc2ccnc(C)c2)CC1. The van der Waals surface area contributed by atoms with Gasteiger partial charge in [-0.25, -0.2) is 13.8 Å². The lowest BCUT2D eigenvalue weighted by molar-refractivity contribution is -0.132. The zero-order chi connectivity index (χ0) is 27.2. The molecule has 0 amide bonds. The number of piperidine rings is 2. The van der Waals surface area contributed by atoms with Crippen molar-refractivity contribution in [2.45, 2.75) is 77.8 Å². The van der Waals surface area contributed by atoms with E-state index >= 15 is 0 Å². The van der Waals surface area contributed by atoms with Crippen molar-refractivity contribution in [3.8, 4) is 0 Å². The van der Waals surface area contributed by atoms with Gasteiger partial charge in [0.2, 0.25) is 0 Å². The number of carbonyl (C=O) groups excluding carboxylic acids is 2. The first kappa shape index (κ1) is 29.3. The molecule has 2 aromatic rings. The van der Waals surface area contributed by atoms with E-state index in [9.17, 15) is 18.4 Å². The average molecular weight is 535 g/mol. The first-order valence-electron chi connectivity index (χ1n) is 12.8. The summed E-state index contributed by atoms with van der Waals surface area (Å²) >= 11 is 5.92. The smallest absolute Gasteiger partial charge is 0.170 e. The van der Waals surface area contributed by atoms with Crippen molar-refractivity contribution in [2.75, 3.05) is 26.2 Å². The summed E-state index contributed by atoms with van der Waals surface area (Å²) in [4.78, 5) is 35.1. The van der Waals surface area contributed by atoms with Gasteiger partial charge in [-0.1, -0.05) is 11.6 Å². The highest BCUT2D eigenvalue weighted by atomic mass is 35.5. The summed E-state index contributed by atoms with van der Waals surface area (Å²) in [7, 11) is 0. The zero-order valence-corrected chi connectivity index (χ0v) is 23.0. The number of aromatic nitrogens is 2. The molecule has 0 spiro atoms. The Bertz CT molecular complexity index is 1080. The summed E-state index contributed by atoms with van der Waals surface area (Å²) in [6.07, 6.45) is 2.97. The number of hydrogen-bond donors (Lipinski definition) is 0. The van der Waals surface area contributed by atoms with Gasteiger partial charge in [-0.15, -0.1) is 0 Å². The van der Waals surface area contributed by atoms with Crippen LogP contribution in [0.25, 0.3) is 0 Å². The molecule has 9 heteroatoms. The highest BCUT2D eigenvalue weighted by molar-refractivity contribution is 6.29. The Hall–Kier alpha value is -2.29. The molecule has 0 unspecified atom stereocenters. The van der Waals surface area contributed by atoms with Crippen LogP contribution >= 0.6 is 11.6 Å². The predicted octanol–water partition coefficient (Wildman–Crippen LogP) is 5.22. The molecule has 202 valence electrons. The van der Waals surface area contributed by atoms with Crippen LogP contribution in [0.1, 0.15) is 62.0 Å². The number of pyridine rings is 2. The van der Waals surface area contributed by atoms with E-state index in [-0.39, 0.29) is 24.4 Å². The van der Waals surface area contributed by atoms with Gasteiger partial charge in [0.15, 0.2) is 22.9 Å². The highest BCUT2D eigenvalue weighted by Gasteiger charge is 2.39. The molecule has 4 rings (SSSR count). The van der Waals surface area contributed by atoms with E-state index in [2.05, 4.69) is 19.8 Å². The Balaban J connectivity index is 0.000000206. The van der Waals surface area contributed by atoms with Crippen LogP contribution in [0.4, 0.5) is 8.78 Å². The number of hydrogen-bond acceptors (Lipinski definition) is 6. The van der Waals surface area contributed by atoms with E-state index in [4.69, 9.17) is 11.6 Å². The van der Waals surface area contributed by atoms with Crippen molar-refractivity contribution in [1.29, 1.82) is 0 Å². The van der Waals surface area contributed by atoms with Crippen molar-refractivity contribution in [1.82, 2.24) is 19.8 Å². The maximum atomic E-state index is 14.1. The molecule has 2 aliphatic rings. The van der Waals surface area contributed by atoms with Gasteiger partial charge in [-0.05, 0) is 63.1 Å². The summed E-state index contributed by atoms with van der Waals surface area (Å²) < 4.78 is 28.2. The van der Waals surface area contributed by atoms with Gasteiger partial charge >= 0.3 is 0 Å². The second-order valence-corrected chi connectivity index (χ2v) is 10.7. The fourth-order valence-electron chi connectivity index (χ4n) is 4.84. The summed E-state index contributed by atoms with van der Waals surface area (Å²) in [5, 5.41) is 0.482. The molecule has 37 heavy (non-hydrogen) atoms. The lowest BCUT2D eigenvalue weighted by Crippen LogP contribution is -2.45. The Kier molecular flexibility index (Phi) is 9.89. The van der Waals surface area contributed by atoms with Crippen LogP contribution in [-0.2, 0) is 22.7 Å². The van der Waals surface area contributed by atoms with Crippen molar-refractivity contribution >= 4 is 23.2 Å². The molecule has 0 bridgehead atoms. The van der Waals surface area contributed by atoms with E-state index in [1.54, 1.807) is 6.20 Å². The Morgan fingerprint density at radius 1 is 0.838 bits per heavy atom. The first-order valence-corrected chi connectivity index (χ1v) is 13.2. The van der Waals surface area contributed by atoms with Crippen molar-refractivity contribution < 1.29 is 18.4 Å². The molecule has 0 atom stereocenters. The quantitative estimate of drug-likeness (QED) is 0.473. The Labute approximate surface area is 223 Å². The van der Waals surface area contributed by atoms with Crippen LogP contribution in [0, 0.1) is 13.8 Å². The molecule has 0 radical (unpaired) electrons. The van der Waals surface area contributed by atoms with Gasteiger partial charge in [0.25, 0.3) is 0 Å². The third-order valence-corrected chi connectivity index (χ3v) is 7.51. The monoisotopic (exact) mass is 534 g/mol. The number of aryl methyl sites for hydroxylation is 2. The summed E-state index contributed by atoms with van der Waals surface area (Å²) in [5.74, 6) is -0.683. The second kappa shape index (κ2) is 12.5. The number of alkyl halides is 2. The normalized spacial score (nSPS) is 19.5. The fraction of sp³-hybridized carbons (Fsp3) is 0.571. The zero-order valence-electron chi connectivity index (χ0n) is 22.2. The van der Waals surface area contributed by atoms with E-state index in [1.165, 1.54) is 19.4 Å². The van der Waals surface area contributed by atoms with Crippen LogP contribution in [0.2, 0.25) is 5.15 Å². The lowest BCUT2D eigenvalue weighted by atomic mass is 9.89. The number of Topliss-reactive ketones (excluding diaryl/α,β-unsaturated/α-hetero) is 2. The average Bonchev–Trinajstić information content (AvgIpc) is 2.82. The molecular formula is C28H37ClF2N4O2. The van der Waals surface area contributed by atoms with Gasteiger partial charge < -0.3 is 0 Å². The topological polar surface area (TPSA) is 66.4 Å². The molecule has 2 aromatic heterocycles. The van der Waals surface area contributed by atoms with Crippen LogP contribution in [0.15, 0.2) is 30.5 Å². The standard InChI is InChI=1S/C14H18ClFN2O.C14H19FN2O/c1-10-7-12(8-13(15)17-10)9-18-5-3-14(16,4-6-18)11(2)19;1-11-9-13(3-6-16-11)10-17-7-4-14(15,5-8-17)12(2)18/h7-8H,3-6,9H2,1-2H3;3,6,9H,4-5,7-8,10H2,1-2H3. The molecule has 0 saturated carbocycles. The van der Waals surface area contributed by atoms with Gasteiger partial charge in [0, 0.05) is 82.5 Å². The molecule has 0 aromatic carbocycles. The van der Waals surface area contributed by atoms with Gasteiger partial charge in [0.1, 0.15) is 5.15 Å². The highest BCUT2D eigenvalue weighted by Crippen LogP contribution is 2.29. The maximum Gasteiger partial charge on any atom is 0.170 e. The molecule has 2 aliphatic heterocycles. The minimum Gasteiger partial charge on any atom is -0.299 e. The molecule has 4 heterocycles. The van der Waals surface area contributed by atoms with Crippen LogP contribution < -0.4 is 0 Å². The number of nitrogens with zero attached hydrogens (tertiary/aromatic N) is 4. The minimum atomic E-state index is -1.62. The lowest BCUT2D eigenvalue weighted by Gasteiger charge is -2.34. The van der Waals surface area contributed by atoms with E-state index < -0.39 is 11.3 Å². The number of carbonyl (C=O) groups is 2. The minimum absolute atomic E-state index is 0.278. The third-order valence-electron chi connectivity index (χ3n) is 7.31. The second-order valence-electron chi connectivity index (χ2n) is 10.3. The van der Waals surface area contributed by atoms with Crippen molar-refractivity contribution in [3.63, 3.8) is 0 Å².